The molecule has 1 atom stereocenters. The maximum Gasteiger partial charge on any atom is 0.264 e. The molecule has 2 amide bonds. The number of carbonyl (C=O) groups excluding carboxylic acids is 2. The molecule has 1 unspecified atom stereocenters. The van der Waals surface area contributed by atoms with Gasteiger partial charge < -0.3 is 14.5 Å². The summed E-state index contributed by atoms with van der Waals surface area (Å²) in [5.74, 6) is 0.683. The Morgan fingerprint density at radius 2 is 1.91 bits per heavy atom. The second-order valence-corrected chi connectivity index (χ2v) is 11.7. The molecule has 180 valence electrons. The van der Waals surface area contributed by atoms with Crippen molar-refractivity contribution in [3.8, 4) is 5.75 Å². The van der Waals surface area contributed by atoms with Gasteiger partial charge in [0.15, 0.2) is 0 Å². The zero-order valence-electron chi connectivity index (χ0n) is 20.5. The second-order valence-electron chi connectivity index (χ2n) is 9.77. The van der Waals surface area contributed by atoms with Crippen LogP contribution in [0.1, 0.15) is 58.1 Å². The van der Waals surface area contributed by atoms with Gasteiger partial charge in [0, 0.05) is 17.0 Å². The van der Waals surface area contributed by atoms with Gasteiger partial charge in [-0.25, -0.2) is 0 Å². The van der Waals surface area contributed by atoms with Gasteiger partial charge in [-0.2, -0.15) is 0 Å². The number of hydrogen-bond donors (Lipinski definition) is 0. The number of thiophene rings is 2. The first-order valence-electron chi connectivity index (χ1n) is 11.6. The minimum absolute atomic E-state index is 0.0414. The lowest BCUT2D eigenvalue weighted by molar-refractivity contribution is -0.136. The lowest BCUT2D eigenvalue weighted by Crippen LogP contribution is -2.53. The highest BCUT2D eigenvalue weighted by Crippen LogP contribution is 2.35. The van der Waals surface area contributed by atoms with E-state index in [0.717, 1.165) is 23.3 Å². The maximum atomic E-state index is 13.7. The topological polar surface area (TPSA) is 49.9 Å². The van der Waals surface area contributed by atoms with Gasteiger partial charge in [-0.3, -0.25) is 9.59 Å². The molecule has 0 saturated carbocycles. The third-order valence-corrected chi connectivity index (χ3v) is 8.08. The van der Waals surface area contributed by atoms with Crippen LogP contribution in [-0.2, 0) is 11.2 Å². The molecule has 0 saturated heterocycles. The number of carbonyl (C=O) groups is 2. The molecular formula is C27H32N2O3S2. The predicted molar refractivity (Wildman–Crippen MR) is 139 cm³/mol. The minimum atomic E-state index is -0.481. The molecular weight excluding hydrogens is 464 g/mol. The van der Waals surface area contributed by atoms with Gasteiger partial charge in [0.1, 0.15) is 18.9 Å². The van der Waals surface area contributed by atoms with E-state index in [1.165, 1.54) is 21.8 Å². The van der Waals surface area contributed by atoms with Crippen molar-refractivity contribution in [2.24, 2.45) is 0 Å². The zero-order valence-corrected chi connectivity index (χ0v) is 22.1. The van der Waals surface area contributed by atoms with E-state index in [-0.39, 0.29) is 24.4 Å². The van der Waals surface area contributed by atoms with E-state index in [0.29, 0.717) is 18.0 Å². The summed E-state index contributed by atoms with van der Waals surface area (Å²) >= 11 is 3.14. The summed E-state index contributed by atoms with van der Waals surface area (Å²) in [4.78, 5) is 32.4. The normalized spacial score (nSPS) is 15.7. The van der Waals surface area contributed by atoms with Crippen molar-refractivity contribution < 1.29 is 14.3 Å². The van der Waals surface area contributed by atoms with Gasteiger partial charge in [0.25, 0.3) is 5.91 Å². The quantitative estimate of drug-likeness (QED) is 0.429. The number of aryl methyl sites for hydroxylation is 2. The number of rotatable bonds is 6. The Morgan fingerprint density at radius 1 is 1.12 bits per heavy atom. The third-order valence-electron chi connectivity index (χ3n) is 6.22. The van der Waals surface area contributed by atoms with Crippen molar-refractivity contribution >= 4 is 34.5 Å². The Balaban J connectivity index is 1.56. The van der Waals surface area contributed by atoms with Crippen molar-refractivity contribution in [1.82, 2.24) is 9.80 Å². The van der Waals surface area contributed by atoms with Crippen molar-refractivity contribution in [3.05, 3.63) is 73.6 Å². The van der Waals surface area contributed by atoms with Gasteiger partial charge >= 0.3 is 0 Å². The Labute approximate surface area is 210 Å². The summed E-state index contributed by atoms with van der Waals surface area (Å²) in [6.07, 6.45) is 0.827. The molecule has 5 nitrogen and oxygen atoms in total. The van der Waals surface area contributed by atoms with Gasteiger partial charge in [-0.05, 0) is 81.1 Å². The van der Waals surface area contributed by atoms with Crippen molar-refractivity contribution in [1.29, 1.82) is 0 Å². The van der Waals surface area contributed by atoms with Crippen LogP contribution in [0.15, 0.2) is 47.2 Å². The van der Waals surface area contributed by atoms with E-state index in [9.17, 15) is 9.59 Å². The molecule has 1 aliphatic heterocycles. The average molecular weight is 497 g/mol. The van der Waals surface area contributed by atoms with Crippen molar-refractivity contribution in [3.63, 3.8) is 0 Å². The zero-order chi connectivity index (χ0) is 24.5. The van der Waals surface area contributed by atoms with E-state index >= 15 is 0 Å². The summed E-state index contributed by atoms with van der Waals surface area (Å²) in [6.45, 7) is 11.1. The van der Waals surface area contributed by atoms with E-state index in [4.69, 9.17) is 4.74 Å². The highest BCUT2D eigenvalue weighted by Gasteiger charge is 2.36. The first-order valence-corrected chi connectivity index (χ1v) is 13.3. The molecule has 0 aliphatic carbocycles. The standard InChI is InChI=1S/C27H32N2O3S2/c1-18-8-9-22(19(2)15-18)32-17-21-20-11-14-34-23(20)10-12-28(21)25(30)16-29(27(3,4)5)26(31)24-7-6-13-33-24/h6-9,11,13-15,21H,10,12,16-17H2,1-5H3. The molecule has 1 aromatic carbocycles. The highest BCUT2D eigenvalue weighted by molar-refractivity contribution is 7.12. The van der Waals surface area contributed by atoms with Crippen molar-refractivity contribution in [2.45, 2.75) is 52.6 Å². The molecule has 3 heterocycles. The fourth-order valence-electron chi connectivity index (χ4n) is 4.38. The number of benzene rings is 1. The van der Waals surface area contributed by atoms with Crippen LogP contribution in [0.5, 0.6) is 5.75 Å². The van der Waals surface area contributed by atoms with Gasteiger partial charge in [0.2, 0.25) is 5.91 Å². The van der Waals surface area contributed by atoms with E-state index < -0.39 is 5.54 Å². The van der Waals surface area contributed by atoms with Crippen molar-refractivity contribution in [2.75, 3.05) is 19.7 Å². The van der Waals surface area contributed by atoms with Crippen LogP contribution < -0.4 is 4.74 Å². The Bertz CT molecular complexity index is 1160. The highest BCUT2D eigenvalue weighted by atomic mass is 32.1. The van der Waals surface area contributed by atoms with Crippen LogP contribution in [0.25, 0.3) is 0 Å². The molecule has 34 heavy (non-hydrogen) atoms. The smallest absolute Gasteiger partial charge is 0.264 e. The molecule has 0 bridgehead atoms. The molecule has 4 rings (SSSR count). The van der Waals surface area contributed by atoms with Gasteiger partial charge in [0.05, 0.1) is 10.9 Å². The molecule has 0 radical (unpaired) electrons. The first kappa shape index (κ1) is 24.5. The van der Waals surface area contributed by atoms with Crippen LogP contribution in [0.4, 0.5) is 0 Å². The van der Waals surface area contributed by atoms with Gasteiger partial charge in [-0.1, -0.05) is 23.8 Å². The molecule has 7 heteroatoms. The molecule has 1 aliphatic rings. The molecule has 0 fully saturated rings. The van der Waals surface area contributed by atoms with E-state index in [1.807, 2.05) is 62.2 Å². The van der Waals surface area contributed by atoms with E-state index in [2.05, 4.69) is 24.4 Å². The Morgan fingerprint density at radius 3 is 2.59 bits per heavy atom. The summed E-state index contributed by atoms with van der Waals surface area (Å²) in [6, 6.07) is 11.7. The van der Waals surface area contributed by atoms with Crippen LogP contribution in [-0.4, -0.2) is 46.8 Å². The van der Waals surface area contributed by atoms with E-state index in [1.54, 1.807) is 16.2 Å². The minimum Gasteiger partial charge on any atom is -0.491 e. The summed E-state index contributed by atoms with van der Waals surface area (Å²) < 4.78 is 6.25. The third kappa shape index (κ3) is 5.20. The van der Waals surface area contributed by atoms with Crippen LogP contribution >= 0.6 is 22.7 Å². The Hall–Kier alpha value is -2.64. The molecule has 2 aromatic heterocycles. The monoisotopic (exact) mass is 496 g/mol. The van der Waals surface area contributed by atoms with Crippen LogP contribution in [0.2, 0.25) is 0 Å². The number of hydrogen-bond acceptors (Lipinski definition) is 5. The number of ether oxygens (including phenoxy) is 1. The second kappa shape index (κ2) is 9.92. The summed E-state index contributed by atoms with van der Waals surface area (Å²) in [7, 11) is 0. The number of amides is 2. The number of fused-ring (bicyclic) bond motifs is 1. The van der Waals surface area contributed by atoms with Crippen LogP contribution in [0, 0.1) is 13.8 Å². The number of nitrogens with zero attached hydrogens (tertiary/aromatic N) is 2. The lowest BCUT2D eigenvalue weighted by Gasteiger charge is -2.40. The fraction of sp³-hybridized carbons (Fsp3) is 0.407. The SMILES string of the molecule is Cc1ccc(OCC2c3ccsc3CCN2C(=O)CN(C(=O)c2cccs2)C(C)(C)C)c(C)c1. The summed E-state index contributed by atoms with van der Waals surface area (Å²) in [5, 5.41) is 3.98. The fourth-order valence-corrected chi connectivity index (χ4v) is 5.98. The maximum absolute atomic E-state index is 13.7. The molecule has 0 spiro atoms. The summed E-state index contributed by atoms with van der Waals surface area (Å²) in [5.41, 5.74) is 2.95. The molecule has 3 aromatic rings. The lowest BCUT2D eigenvalue weighted by atomic mass is 9.99. The predicted octanol–water partition coefficient (Wildman–Crippen LogP) is 5.87. The Kier molecular flexibility index (Phi) is 7.14. The largest absolute Gasteiger partial charge is 0.491 e. The van der Waals surface area contributed by atoms with Gasteiger partial charge in [-0.15, -0.1) is 22.7 Å². The molecule has 0 N–H and O–H groups in total. The first-order chi connectivity index (χ1) is 16.1. The van der Waals surface area contributed by atoms with Crippen LogP contribution in [0.3, 0.4) is 0 Å². The average Bonchev–Trinajstić information content (AvgIpc) is 3.47.